The van der Waals surface area contributed by atoms with Crippen LogP contribution in [0, 0.1) is 0 Å². The van der Waals surface area contributed by atoms with Gasteiger partial charge in [-0.2, -0.15) is 0 Å². The number of nitrogens with zero attached hydrogens (tertiary/aromatic N) is 5. The van der Waals surface area contributed by atoms with Crippen molar-refractivity contribution in [2.75, 3.05) is 32.7 Å². The molecule has 5 rings (SSSR count). The molecule has 0 bridgehead atoms. The van der Waals surface area contributed by atoms with Crippen molar-refractivity contribution in [2.45, 2.75) is 25.3 Å². The molecule has 7 heteroatoms. The first-order valence-corrected chi connectivity index (χ1v) is 10.3. The largest absolute Gasteiger partial charge is 0.360 e. The highest BCUT2D eigenvalue weighted by Crippen LogP contribution is 2.40. The van der Waals surface area contributed by atoms with Gasteiger partial charge in [-0.15, -0.1) is 0 Å². The smallest absolute Gasteiger partial charge is 0.276 e. The van der Waals surface area contributed by atoms with Crippen molar-refractivity contribution in [1.29, 1.82) is 0 Å². The number of carbonyl (C=O) groups excluding carboxylic acids is 1. The van der Waals surface area contributed by atoms with Gasteiger partial charge in [0, 0.05) is 69.2 Å². The van der Waals surface area contributed by atoms with Crippen molar-refractivity contribution in [1.82, 2.24) is 24.5 Å². The molecule has 0 unspecified atom stereocenters. The van der Waals surface area contributed by atoms with Crippen molar-refractivity contribution in [2.24, 2.45) is 0 Å². The third-order valence-electron chi connectivity index (χ3n) is 5.79. The Hall–Kier alpha value is -2.93. The van der Waals surface area contributed by atoms with E-state index in [1.54, 1.807) is 0 Å². The molecule has 1 saturated heterocycles. The number of benzene rings is 1. The molecule has 2 aliphatic rings. The molecule has 1 aromatic carbocycles. The normalized spacial score (nSPS) is 17.6. The van der Waals surface area contributed by atoms with Gasteiger partial charge in [0.25, 0.3) is 5.91 Å². The summed E-state index contributed by atoms with van der Waals surface area (Å²) >= 11 is 0. The van der Waals surface area contributed by atoms with Crippen LogP contribution in [0.25, 0.3) is 11.4 Å². The van der Waals surface area contributed by atoms with Crippen LogP contribution in [-0.2, 0) is 6.54 Å². The van der Waals surface area contributed by atoms with Crippen LogP contribution in [0.3, 0.4) is 0 Å². The molecule has 0 atom stereocenters. The molecule has 150 valence electrons. The number of carbonyl (C=O) groups is 1. The lowest BCUT2D eigenvalue weighted by molar-refractivity contribution is 0.0623. The Morgan fingerprint density at radius 2 is 1.86 bits per heavy atom. The van der Waals surface area contributed by atoms with Gasteiger partial charge in [0.05, 0.1) is 0 Å². The van der Waals surface area contributed by atoms with Crippen LogP contribution in [0.1, 0.15) is 35.0 Å². The van der Waals surface area contributed by atoms with E-state index >= 15 is 0 Å². The molecule has 2 aromatic heterocycles. The monoisotopic (exact) mass is 391 g/mol. The molecule has 0 N–H and O–H groups in total. The van der Waals surface area contributed by atoms with Gasteiger partial charge in [-0.25, -0.2) is 4.98 Å². The zero-order valence-corrected chi connectivity index (χ0v) is 16.4. The standard InChI is InChI=1S/C22H25N5O2/c28-22(19-16-20(29-24-19)17-6-7-17)27-14-11-25(12-15-27)10-13-26-9-8-23-21(26)18-4-2-1-3-5-18/h1-5,8-9,16-17H,6-7,10-15H2. The van der Waals surface area contributed by atoms with Crippen molar-refractivity contribution >= 4 is 5.91 Å². The van der Waals surface area contributed by atoms with Crippen LogP contribution in [0.15, 0.2) is 53.3 Å². The number of rotatable bonds is 6. The Kier molecular flexibility index (Phi) is 4.89. The van der Waals surface area contributed by atoms with Crippen LogP contribution in [0.2, 0.25) is 0 Å². The van der Waals surface area contributed by atoms with Crippen molar-refractivity contribution < 1.29 is 9.32 Å². The van der Waals surface area contributed by atoms with Gasteiger partial charge in [0.1, 0.15) is 11.6 Å². The fourth-order valence-electron chi connectivity index (χ4n) is 3.87. The molecule has 3 aromatic rings. The maximum absolute atomic E-state index is 12.7. The summed E-state index contributed by atoms with van der Waals surface area (Å²) in [7, 11) is 0. The van der Waals surface area contributed by atoms with Gasteiger partial charge in [-0.05, 0) is 12.8 Å². The first-order chi connectivity index (χ1) is 14.3. The highest BCUT2D eigenvalue weighted by Gasteiger charge is 2.30. The summed E-state index contributed by atoms with van der Waals surface area (Å²) in [4.78, 5) is 21.5. The summed E-state index contributed by atoms with van der Waals surface area (Å²) in [6.07, 6.45) is 6.17. The summed E-state index contributed by atoms with van der Waals surface area (Å²) in [6, 6.07) is 12.1. The highest BCUT2D eigenvalue weighted by atomic mass is 16.5. The van der Waals surface area contributed by atoms with E-state index in [-0.39, 0.29) is 5.91 Å². The van der Waals surface area contributed by atoms with Gasteiger partial charge in [0.15, 0.2) is 5.69 Å². The first kappa shape index (κ1) is 18.1. The van der Waals surface area contributed by atoms with Gasteiger partial charge < -0.3 is 14.0 Å². The predicted molar refractivity (Wildman–Crippen MR) is 108 cm³/mol. The molecule has 0 radical (unpaired) electrons. The second kappa shape index (κ2) is 7.83. The van der Waals surface area contributed by atoms with E-state index in [1.807, 2.05) is 41.6 Å². The second-order valence-corrected chi connectivity index (χ2v) is 7.83. The maximum atomic E-state index is 12.7. The van der Waals surface area contributed by atoms with Gasteiger partial charge in [0.2, 0.25) is 0 Å². The van der Waals surface area contributed by atoms with E-state index in [9.17, 15) is 4.79 Å². The quantitative estimate of drug-likeness (QED) is 0.646. The third kappa shape index (κ3) is 3.96. The molecule has 1 aliphatic heterocycles. The summed E-state index contributed by atoms with van der Waals surface area (Å²) in [5, 5.41) is 3.99. The fraction of sp³-hybridized carbons (Fsp3) is 0.409. The number of hydrogen-bond acceptors (Lipinski definition) is 5. The summed E-state index contributed by atoms with van der Waals surface area (Å²) in [6.45, 7) is 5.00. The van der Waals surface area contributed by atoms with Crippen molar-refractivity contribution in [3.63, 3.8) is 0 Å². The van der Waals surface area contributed by atoms with E-state index in [4.69, 9.17) is 4.52 Å². The molecule has 7 nitrogen and oxygen atoms in total. The van der Waals surface area contributed by atoms with E-state index < -0.39 is 0 Å². The third-order valence-corrected chi connectivity index (χ3v) is 5.79. The Morgan fingerprint density at radius 1 is 1.07 bits per heavy atom. The zero-order valence-electron chi connectivity index (χ0n) is 16.4. The minimum Gasteiger partial charge on any atom is -0.360 e. The van der Waals surface area contributed by atoms with Crippen LogP contribution >= 0.6 is 0 Å². The van der Waals surface area contributed by atoms with Crippen LogP contribution in [0.4, 0.5) is 0 Å². The molecule has 1 saturated carbocycles. The number of aromatic nitrogens is 3. The predicted octanol–water partition coefficient (Wildman–Crippen LogP) is 2.87. The SMILES string of the molecule is O=C(c1cc(C2CC2)on1)N1CCN(CCn2ccnc2-c2ccccc2)CC1. The highest BCUT2D eigenvalue weighted by molar-refractivity contribution is 5.92. The molecule has 0 spiro atoms. The second-order valence-electron chi connectivity index (χ2n) is 7.83. The van der Waals surface area contributed by atoms with Crippen LogP contribution < -0.4 is 0 Å². The molecule has 29 heavy (non-hydrogen) atoms. The molecular weight excluding hydrogens is 366 g/mol. The lowest BCUT2D eigenvalue weighted by atomic mass is 10.2. The number of piperazine rings is 1. The maximum Gasteiger partial charge on any atom is 0.276 e. The average molecular weight is 391 g/mol. The van der Waals surface area contributed by atoms with Crippen molar-refractivity contribution in [3.8, 4) is 11.4 Å². The van der Waals surface area contributed by atoms with Gasteiger partial charge >= 0.3 is 0 Å². The molecule has 3 heterocycles. The molecule has 2 fully saturated rings. The van der Waals surface area contributed by atoms with Crippen LogP contribution in [0.5, 0.6) is 0 Å². The molecular formula is C22H25N5O2. The Morgan fingerprint density at radius 3 is 2.62 bits per heavy atom. The van der Waals surface area contributed by atoms with E-state index in [2.05, 4.69) is 31.7 Å². The Balaban J connectivity index is 1.14. The lowest BCUT2D eigenvalue weighted by Crippen LogP contribution is -2.49. The molecule has 1 aliphatic carbocycles. The van der Waals surface area contributed by atoms with E-state index in [1.165, 1.54) is 0 Å². The Bertz CT molecular complexity index is 968. The van der Waals surface area contributed by atoms with Gasteiger partial charge in [-0.1, -0.05) is 35.5 Å². The topological polar surface area (TPSA) is 67.4 Å². The number of imidazole rings is 1. The van der Waals surface area contributed by atoms with E-state index in [0.29, 0.717) is 11.6 Å². The molecule has 1 amide bonds. The Labute approximate surface area is 169 Å². The minimum atomic E-state index is -0.0127. The lowest BCUT2D eigenvalue weighted by Gasteiger charge is -2.34. The minimum absolute atomic E-state index is 0.0127. The summed E-state index contributed by atoms with van der Waals surface area (Å²) < 4.78 is 7.53. The van der Waals surface area contributed by atoms with Crippen molar-refractivity contribution in [3.05, 3.63) is 60.2 Å². The first-order valence-electron chi connectivity index (χ1n) is 10.3. The number of hydrogen-bond donors (Lipinski definition) is 0. The van der Waals surface area contributed by atoms with Gasteiger partial charge in [-0.3, -0.25) is 9.69 Å². The summed E-state index contributed by atoms with van der Waals surface area (Å²) in [5.41, 5.74) is 1.58. The zero-order chi connectivity index (χ0) is 19.6. The van der Waals surface area contributed by atoms with E-state index in [0.717, 1.165) is 69.3 Å². The van der Waals surface area contributed by atoms with Crippen LogP contribution in [-0.4, -0.2) is 63.1 Å². The fourth-order valence-corrected chi connectivity index (χ4v) is 3.87. The average Bonchev–Trinajstić information content (AvgIpc) is 3.31. The summed E-state index contributed by atoms with van der Waals surface area (Å²) in [5.74, 6) is 2.32. The number of amides is 1.